The highest BCUT2D eigenvalue weighted by Crippen LogP contribution is 2.18. The molecule has 0 bridgehead atoms. The molecule has 0 saturated carbocycles. The van der Waals surface area contributed by atoms with Crippen LogP contribution < -0.4 is 5.32 Å². The fourth-order valence-electron chi connectivity index (χ4n) is 2.06. The average molecular weight is 256 g/mol. The summed E-state index contributed by atoms with van der Waals surface area (Å²) in [6, 6.07) is 4.06. The summed E-state index contributed by atoms with van der Waals surface area (Å²) < 4.78 is 0. The Labute approximate surface area is 114 Å². The van der Waals surface area contributed by atoms with Crippen molar-refractivity contribution in [1.29, 1.82) is 0 Å². The van der Waals surface area contributed by atoms with Gasteiger partial charge < -0.3 is 5.32 Å². The van der Waals surface area contributed by atoms with Crippen molar-refractivity contribution in [3.05, 3.63) is 47.2 Å². The number of nitrogens with zero attached hydrogens (tertiary/aromatic N) is 3. The molecular formula is C15H20N4. The highest BCUT2D eigenvalue weighted by molar-refractivity contribution is 5.46. The molecule has 100 valence electrons. The monoisotopic (exact) mass is 256 g/mol. The van der Waals surface area contributed by atoms with E-state index in [4.69, 9.17) is 4.98 Å². The fraction of sp³-hybridized carbons (Fsp3) is 0.400. The van der Waals surface area contributed by atoms with Crippen molar-refractivity contribution in [1.82, 2.24) is 15.0 Å². The second-order valence-corrected chi connectivity index (χ2v) is 4.59. The first-order valence-corrected chi connectivity index (χ1v) is 6.67. The fourth-order valence-corrected chi connectivity index (χ4v) is 2.06. The lowest BCUT2D eigenvalue weighted by Gasteiger charge is -2.12. The molecule has 0 aliphatic heterocycles. The minimum Gasteiger partial charge on any atom is -0.373 e. The van der Waals surface area contributed by atoms with Gasteiger partial charge in [0.15, 0.2) is 0 Å². The Hall–Kier alpha value is -1.97. The first-order chi connectivity index (χ1) is 9.24. The standard InChI is InChI=1S/C15H20N4/c1-4-5-14-18-13(11(2)15(16-3)19-14)10-12-6-8-17-9-7-12/h6-9H,4-5,10H2,1-3H3,(H,16,18,19). The van der Waals surface area contributed by atoms with E-state index in [2.05, 4.69) is 29.1 Å². The summed E-state index contributed by atoms with van der Waals surface area (Å²) in [5.41, 5.74) is 3.44. The number of pyridine rings is 1. The summed E-state index contributed by atoms with van der Waals surface area (Å²) in [5.74, 6) is 1.85. The Balaban J connectivity index is 2.35. The number of nitrogens with one attached hydrogen (secondary N) is 1. The van der Waals surface area contributed by atoms with Gasteiger partial charge in [-0.3, -0.25) is 4.98 Å². The molecule has 2 rings (SSSR count). The van der Waals surface area contributed by atoms with E-state index in [1.165, 1.54) is 5.56 Å². The SMILES string of the molecule is CCCc1nc(Cc2ccncc2)c(C)c(NC)n1. The van der Waals surface area contributed by atoms with Crippen LogP contribution in [0.1, 0.15) is 36.0 Å². The summed E-state index contributed by atoms with van der Waals surface area (Å²) in [7, 11) is 1.90. The molecule has 2 heterocycles. The van der Waals surface area contributed by atoms with Gasteiger partial charge in [0.2, 0.25) is 0 Å². The number of aryl methyl sites for hydroxylation is 1. The molecule has 0 fully saturated rings. The molecule has 4 nitrogen and oxygen atoms in total. The van der Waals surface area contributed by atoms with Crippen LogP contribution >= 0.6 is 0 Å². The van der Waals surface area contributed by atoms with Gasteiger partial charge in [-0.15, -0.1) is 0 Å². The van der Waals surface area contributed by atoms with Gasteiger partial charge in [-0.2, -0.15) is 0 Å². The third kappa shape index (κ3) is 3.28. The van der Waals surface area contributed by atoms with Gasteiger partial charge in [-0.25, -0.2) is 9.97 Å². The molecule has 0 unspecified atom stereocenters. The lowest BCUT2D eigenvalue weighted by atomic mass is 10.1. The maximum absolute atomic E-state index is 4.69. The van der Waals surface area contributed by atoms with Gasteiger partial charge in [-0.1, -0.05) is 6.92 Å². The molecule has 19 heavy (non-hydrogen) atoms. The van der Waals surface area contributed by atoms with Crippen molar-refractivity contribution < 1.29 is 0 Å². The third-order valence-corrected chi connectivity index (χ3v) is 3.12. The molecule has 1 N–H and O–H groups in total. The average Bonchev–Trinajstić information content (AvgIpc) is 2.43. The van der Waals surface area contributed by atoms with Gasteiger partial charge in [0.1, 0.15) is 11.6 Å². The zero-order valence-electron chi connectivity index (χ0n) is 11.8. The number of hydrogen-bond acceptors (Lipinski definition) is 4. The molecule has 2 aromatic heterocycles. The molecule has 0 saturated heterocycles. The number of hydrogen-bond donors (Lipinski definition) is 1. The first kappa shape index (κ1) is 13.5. The summed E-state index contributed by atoms with van der Waals surface area (Å²) >= 11 is 0. The van der Waals surface area contributed by atoms with Crippen molar-refractivity contribution >= 4 is 5.82 Å². The van der Waals surface area contributed by atoms with Crippen molar-refractivity contribution in [2.75, 3.05) is 12.4 Å². The topological polar surface area (TPSA) is 50.7 Å². The molecule has 0 aliphatic carbocycles. The predicted molar refractivity (Wildman–Crippen MR) is 77.4 cm³/mol. The van der Waals surface area contributed by atoms with Crippen molar-refractivity contribution in [3.8, 4) is 0 Å². The molecule has 0 spiro atoms. The minimum absolute atomic E-state index is 0.822. The van der Waals surface area contributed by atoms with Crippen molar-refractivity contribution in [2.24, 2.45) is 0 Å². The van der Waals surface area contributed by atoms with Crippen LogP contribution in [0.5, 0.6) is 0 Å². The highest BCUT2D eigenvalue weighted by Gasteiger charge is 2.10. The zero-order chi connectivity index (χ0) is 13.7. The van der Waals surface area contributed by atoms with Gasteiger partial charge in [0.05, 0.1) is 5.69 Å². The molecule has 2 aromatic rings. The van der Waals surface area contributed by atoms with Gasteiger partial charge in [0.25, 0.3) is 0 Å². The zero-order valence-corrected chi connectivity index (χ0v) is 11.8. The lowest BCUT2D eigenvalue weighted by molar-refractivity contribution is 0.813. The maximum Gasteiger partial charge on any atom is 0.132 e. The van der Waals surface area contributed by atoms with E-state index in [0.717, 1.165) is 42.2 Å². The van der Waals surface area contributed by atoms with Crippen LogP contribution in [0.2, 0.25) is 0 Å². The van der Waals surface area contributed by atoms with E-state index in [-0.39, 0.29) is 0 Å². The first-order valence-electron chi connectivity index (χ1n) is 6.67. The molecule has 0 amide bonds. The Bertz CT molecular complexity index is 537. The van der Waals surface area contributed by atoms with E-state index in [1.807, 2.05) is 31.6 Å². The molecular weight excluding hydrogens is 236 g/mol. The minimum atomic E-state index is 0.822. The smallest absolute Gasteiger partial charge is 0.132 e. The van der Waals surface area contributed by atoms with Gasteiger partial charge in [0, 0.05) is 37.8 Å². The molecule has 4 heteroatoms. The summed E-state index contributed by atoms with van der Waals surface area (Å²) in [6.45, 7) is 4.21. The largest absolute Gasteiger partial charge is 0.373 e. The Morgan fingerprint density at radius 1 is 1.16 bits per heavy atom. The van der Waals surface area contributed by atoms with Crippen LogP contribution in [-0.2, 0) is 12.8 Å². The third-order valence-electron chi connectivity index (χ3n) is 3.12. The second-order valence-electron chi connectivity index (χ2n) is 4.59. The van der Waals surface area contributed by atoms with Crippen molar-refractivity contribution in [3.63, 3.8) is 0 Å². The van der Waals surface area contributed by atoms with Gasteiger partial charge >= 0.3 is 0 Å². The predicted octanol–water partition coefficient (Wildman–Crippen LogP) is 2.77. The van der Waals surface area contributed by atoms with Crippen molar-refractivity contribution in [2.45, 2.75) is 33.1 Å². The summed E-state index contributed by atoms with van der Waals surface area (Å²) in [6.07, 6.45) is 6.43. The van der Waals surface area contributed by atoms with E-state index in [0.29, 0.717) is 0 Å². The lowest BCUT2D eigenvalue weighted by Crippen LogP contribution is -2.08. The second kappa shape index (κ2) is 6.27. The van der Waals surface area contributed by atoms with Crippen LogP contribution in [0, 0.1) is 6.92 Å². The highest BCUT2D eigenvalue weighted by atomic mass is 15.0. The summed E-state index contributed by atoms with van der Waals surface area (Å²) in [4.78, 5) is 13.3. The van der Waals surface area contributed by atoms with E-state index < -0.39 is 0 Å². The quantitative estimate of drug-likeness (QED) is 0.893. The Kier molecular flexibility index (Phi) is 4.44. The number of rotatable bonds is 5. The molecule has 0 atom stereocenters. The maximum atomic E-state index is 4.69. The number of anilines is 1. The van der Waals surface area contributed by atoms with Crippen LogP contribution in [0.4, 0.5) is 5.82 Å². The Morgan fingerprint density at radius 2 is 1.89 bits per heavy atom. The van der Waals surface area contributed by atoms with Crippen LogP contribution in [0.25, 0.3) is 0 Å². The van der Waals surface area contributed by atoms with Crippen LogP contribution in [-0.4, -0.2) is 22.0 Å². The molecule has 0 aliphatic rings. The normalized spacial score (nSPS) is 10.5. The van der Waals surface area contributed by atoms with E-state index in [9.17, 15) is 0 Å². The molecule has 0 radical (unpaired) electrons. The van der Waals surface area contributed by atoms with Crippen LogP contribution in [0.3, 0.4) is 0 Å². The summed E-state index contributed by atoms with van der Waals surface area (Å²) in [5, 5.41) is 3.16. The van der Waals surface area contributed by atoms with Crippen LogP contribution in [0.15, 0.2) is 24.5 Å². The Morgan fingerprint density at radius 3 is 2.53 bits per heavy atom. The van der Waals surface area contributed by atoms with Gasteiger partial charge in [-0.05, 0) is 31.0 Å². The van der Waals surface area contributed by atoms with E-state index in [1.54, 1.807) is 0 Å². The van der Waals surface area contributed by atoms with E-state index >= 15 is 0 Å². The molecule has 0 aromatic carbocycles. The number of aromatic nitrogens is 3.